The SMILES string of the molecule is CCCCC=CCCSc1ccc(-c2ccc(C(=O)OCC)cc2)cc1.CCCCCCCCCCCSc1ccc(-c2ccc(C(=O)OCC)cc2)cc1. The van der Waals surface area contributed by atoms with Gasteiger partial charge in [-0.2, -0.15) is 0 Å². The Morgan fingerprint density at radius 3 is 1.22 bits per heavy atom. The van der Waals surface area contributed by atoms with E-state index in [4.69, 9.17) is 9.47 Å². The van der Waals surface area contributed by atoms with Crippen molar-refractivity contribution < 1.29 is 19.1 Å². The van der Waals surface area contributed by atoms with Crippen LogP contribution in [0, 0.1) is 0 Å². The van der Waals surface area contributed by atoms with Gasteiger partial charge in [-0.15, -0.1) is 23.5 Å². The molecule has 296 valence electrons. The molecule has 0 heterocycles. The van der Waals surface area contributed by atoms with Gasteiger partial charge in [-0.1, -0.05) is 139 Å². The van der Waals surface area contributed by atoms with Crippen molar-refractivity contribution in [1.29, 1.82) is 0 Å². The molecular formula is C49H64O4S2. The Kier molecular flexibility index (Phi) is 23.8. The minimum atomic E-state index is -0.269. The fourth-order valence-corrected chi connectivity index (χ4v) is 7.65. The summed E-state index contributed by atoms with van der Waals surface area (Å²) in [6, 6.07) is 32.5. The maximum Gasteiger partial charge on any atom is 0.338 e. The van der Waals surface area contributed by atoms with Crippen molar-refractivity contribution in [2.45, 2.75) is 121 Å². The summed E-state index contributed by atoms with van der Waals surface area (Å²) in [5.74, 6) is 1.77. The monoisotopic (exact) mass is 780 g/mol. The van der Waals surface area contributed by atoms with Gasteiger partial charge in [0.15, 0.2) is 0 Å². The number of benzene rings is 4. The van der Waals surface area contributed by atoms with Crippen LogP contribution in [0.15, 0.2) is 119 Å². The third-order valence-corrected chi connectivity index (χ3v) is 11.3. The largest absolute Gasteiger partial charge is 0.462 e. The van der Waals surface area contributed by atoms with Crippen LogP contribution in [0.4, 0.5) is 0 Å². The molecule has 0 aliphatic heterocycles. The highest BCUT2D eigenvalue weighted by molar-refractivity contribution is 7.99. The summed E-state index contributed by atoms with van der Waals surface area (Å²) < 4.78 is 10.1. The molecule has 0 N–H and O–H groups in total. The van der Waals surface area contributed by atoms with Gasteiger partial charge in [0.1, 0.15) is 0 Å². The molecule has 55 heavy (non-hydrogen) atoms. The quantitative estimate of drug-likeness (QED) is 0.0305. The van der Waals surface area contributed by atoms with Crippen molar-refractivity contribution in [3.8, 4) is 22.3 Å². The first-order valence-corrected chi connectivity index (χ1v) is 22.6. The lowest BCUT2D eigenvalue weighted by Crippen LogP contribution is -2.03. The number of rotatable bonds is 24. The molecule has 0 aliphatic carbocycles. The van der Waals surface area contributed by atoms with E-state index >= 15 is 0 Å². The molecule has 0 saturated heterocycles. The van der Waals surface area contributed by atoms with E-state index in [9.17, 15) is 9.59 Å². The number of ether oxygens (including phenoxy) is 2. The number of carbonyl (C=O) groups excluding carboxylic acids is 2. The number of unbranched alkanes of at least 4 members (excludes halogenated alkanes) is 10. The topological polar surface area (TPSA) is 52.6 Å². The third-order valence-electron chi connectivity index (χ3n) is 9.13. The molecule has 0 radical (unpaired) electrons. The van der Waals surface area contributed by atoms with Crippen LogP contribution in [0.5, 0.6) is 0 Å². The Morgan fingerprint density at radius 1 is 0.436 bits per heavy atom. The smallest absolute Gasteiger partial charge is 0.338 e. The van der Waals surface area contributed by atoms with Crippen molar-refractivity contribution in [3.05, 3.63) is 120 Å². The lowest BCUT2D eigenvalue weighted by Gasteiger charge is -2.06. The minimum Gasteiger partial charge on any atom is -0.462 e. The third kappa shape index (κ3) is 18.6. The maximum absolute atomic E-state index is 11.7. The summed E-state index contributed by atoms with van der Waals surface area (Å²) in [6.07, 6.45) is 21.9. The van der Waals surface area contributed by atoms with Crippen LogP contribution >= 0.6 is 23.5 Å². The number of hydrogen-bond donors (Lipinski definition) is 0. The predicted octanol–water partition coefficient (Wildman–Crippen LogP) is 14.9. The van der Waals surface area contributed by atoms with E-state index in [0.29, 0.717) is 24.3 Å². The summed E-state index contributed by atoms with van der Waals surface area (Å²) in [7, 11) is 0. The summed E-state index contributed by atoms with van der Waals surface area (Å²) in [5, 5.41) is 0. The van der Waals surface area contributed by atoms with E-state index in [1.54, 1.807) is 0 Å². The van der Waals surface area contributed by atoms with Gasteiger partial charge in [-0.3, -0.25) is 0 Å². The molecule has 0 saturated carbocycles. The van der Waals surface area contributed by atoms with Crippen LogP contribution in [0.25, 0.3) is 22.3 Å². The van der Waals surface area contributed by atoms with Crippen LogP contribution in [0.1, 0.15) is 132 Å². The van der Waals surface area contributed by atoms with E-state index < -0.39 is 0 Å². The average molecular weight is 781 g/mol. The number of hydrogen-bond acceptors (Lipinski definition) is 6. The molecule has 0 aromatic heterocycles. The lowest BCUT2D eigenvalue weighted by molar-refractivity contribution is 0.0517. The number of carbonyl (C=O) groups is 2. The number of thioether (sulfide) groups is 2. The highest BCUT2D eigenvalue weighted by Gasteiger charge is 2.08. The molecule has 0 atom stereocenters. The standard InChI is InChI=1S/C26H36O2S.C23H28O2S/c1-3-5-6-7-8-9-10-11-12-21-29-25-19-17-23(18-20-25)22-13-15-24(16-14-22)26(27)28-4-2;1-3-5-6-7-8-9-18-26-22-16-14-20(15-17-22)19-10-12-21(13-11-19)23(24)25-4-2/h13-20H,3-12,21H2,1-2H3;7-8,10-17H,3-6,9,18H2,1-2H3. The highest BCUT2D eigenvalue weighted by Crippen LogP contribution is 2.27. The highest BCUT2D eigenvalue weighted by atomic mass is 32.2. The van der Waals surface area contributed by atoms with Crippen molar-refractivity contribution in [3.63, 3.8) is 0 Å². The van der Waals surface area contributed by atoms with E-state index in [0.717, 1.165) is 28.9 Å². The molecule has 4 aromatic carbocycles. The molecule has 0 unspecified atom stereocenters. The second-order valence-corrected chi connectivity index (χ2v) is 15.9. The van der Waals surface area contributed by atoms with Gasteiger partial charge in [-0.05, 0) is 110 Å². The van der Waals surface area contributed by atoms with E-state index in [1.165, 1.54) is 98.2 Å². The molecule has 0 aliphatic rings. The molecule has 0 amide bonds. The zero-order valence-electron chi connectivity index (χ0n) is 33.9. The Hall–Kier alpha value is -3.74. The van der Waals surface area contributed by atoms with Gasteiger partial charge in [-0.25, -0.2) is 9.59 Å². The Balaban J connectivity index is 0.000000297. The summed E-state index contributed by atoms with van der Waals surface area (Å²) in [4.78, 5) is 26.1. The first-order chi connectivity index (χ1) is 27.0. The van der Waals surface area contributed by atoms with Crippen molar-refractivity contribution in [1.82, 2.24) is 0 Å². The van der Waals surface area contributed by atoms with Crippen molar-refractivity contribution in [2.24, 2.45) is 0 Å². The van der Waals surface area contributed by atoms with Gasteiger partial charge >= 0.3 is 11.9 Å². The average Bonchev–Trinajstić information content (AvgIpc) is 3.22. The van der Waals surface area contributed by atoms with E-state index in [-0.39, 0.29) is 11.9 Å². The second-order valence-electron chi connectivity index (χ2n) is 13.6. The van der Waals surface area contributed by atoms with Crippen LogP contribution in [0.3, 0.4) is 0 Å². The summed E-state index contributed by atoms with van der Waals surface area (Å²) in [5.41, 5.74) is 5.75. The predicted molar refractivity (Wildman–Crippen MR) is 238 cm³/mol. The molecule has 0 bridgehead atoms. The van der Waals surface area contributed by atoms with Crippen molar-refractivity contribution >= 4 is 35.5 Å². The molecule has 4 rings (SSSR count). The fraction of sp³-hybridized carbons (Fsp3) is 0.429. The molecule has 0 spiro atoms. The van der Waals surface area contributed by atoms with Gasteiger partial charge < -0.3 is 9.47 Å². The Bertz CT molecular complexity index is 1630. The van der Waals surface area contributed by atoms with Gasteiger partial charge in [0.05, 0.1) is 24.3 Å². The van der Waals surface area contributed by atoms with Crippen LogP contribution in [-0.2, 0) is 9.47 Å². The first-order valence-electron chi connectivity index (χ1n) is 20.6. The maximum atomic E-state index is 11.7. The van der Waals surface area contributed by atoms with Gasteiger partial charge in [0.25, 0.3) is 0 Å². The normalized spacial score (nSPS) is 10.9. The fourth-order valence-electron chi connectivity index (χ4n) is 5.92. The van der Waals surface area contributed by atoms with E-state index in [2.05, 4.69) is 74.5 Å². The summed E-state index contributed by atoms with van der Waals surface area (Å²) in [6.45, 7) is 8.93. The van der Waals surface area contributed by atoms with Crippen LogP contribution in [0.2, 0.25) is 0 Å². The number of allylic oxidation sites excluding steroid dienone is 2. The Morgan fingerprint density at radius 2 is 0.800 bits per heavy atom. The minimum absolute atomic E-state index is 0.262. The zero-order chi connectivity index (χ0) is 39.4. The molecule has 6 heteroatoms. The zero-order valence-corrected chi connectivity index (χ0v) is 35.5. The van der Waals surface area contributed by atoms with Crippen LogP contribution < -0.4 is 0 Å². The summed E-state index contributed by atoms with van der Waals surface area (Å²) >= 11 is 3.84. The molecular weight excluding hydrogens is 717 g/mol. The van der Waals surface area contributed by atoms with Crippen molar-refractivity contribution in [2.75, 3.05) is 24.7 Å². The first kappa shape index (κ1) is 45.6. The molecule has 4 aromatic rings. The van der Waals surface area contributed by atoms with E-state index in [1.807, 2.05) is 85.9 Å². The second kappa shape index (κ2) is 28.6. The van der Waals surface area contributed by atoms with Gasteiger partial charge in [0, 0.05) is 15.5 Å². The van der Waals surface area contributed by atoms with Crippen LogP contribution in [-0.4, -0.2) is 36.7 Å². The molecule has 4 nitrogen and oxygen atoms in total. The number of esters is 2. The lowest BCUT2D eigenvalue weighted by atomic mass is 10.0. The Labute approximate surface area is 341 Å². The van der Waals surface area contributed by atoms with Gasteiger partial charge in [0.2, 0.25) is 0 Å². The molecule has 0 fully saturated rings.